The Morgan fingerprint density at radius 3 is 2.78 bits per heavy atom. The molecule has 2 N–H and O–H groups in total. The van der Waals surface area contributed by atoms with Gasteiger partial charge < -0.3 is 10.2 Å². The Hall–Kier alpha value is -1.94. The van der Waals surface area contributed by atoms with Crippen molar-refractivity contribution >= 4 is 16.7 Å². The van der Waals surface area contributed by atoms with Gasteiger partial charge in [-0.3, -0.25) is 9.78 Å². The Morgan fingerprint density at radius 2 is 2.11 bits per heavy atom. The molecule has 4 heteroatoms. The molecule has 1 saturated carbocycles. The maximum absolute atomic E-state index is 11.6. The summed E-state index contributed by atoms with van der Waals surface area (Å²) in [6, 6.07) is 7.42. The van der Waals surface area contributed by atoms with Crippen LogP contribution in [-0.2, 0) is 10.2 Å². The number of aromatic nitrogens is 1. The third kappa shape index (κ3) is 1.42. The molecule has 1 aromatic heterocycles. The number of hydrogen-bond acceptors (Lipinski definition) is 3. The first-order valence-electron chi connectivity index (χ1n) is 5.88. The van der Waals surface area contributed by atoms with Gasteiger partial charge in [-0.25, -0.2) is 0 Å². The second-order valence-corrected chi connectivity index (χ2v) is 4.85. The average molecular weight is 243 g/mol. The highest BCUT2D eigenvalue weighted by Crippen LogP contribution is 2.46. The molecule has 92 valence electrons. The molecule has 1 aliphatic carbocycles. The smallest absolute Gasteiger partial charge is 0.314 e. The van der Waals surface area contributed by atoms with Gasteiger partial charge in [-0.05, 0) is 29.9 Å². The van der Waals surface area contributed by atoms with Crippen LogP contribution in [0.5, 0.6) is 0 Å². The van der Waals surface area contributed by atoms with Crippen molar-refractivity contribution in [2.45, 2.75) is 24.4 Å². The van der Waals surface area contributed by atoms with Gasteiger partial charge in [-0.2, -0.15) is 0 Å². The largest absolute Gasteiger partial charge is 0.481 e. The number of benzene rings is 1. The van der Waals surface area contributed by atoms with Crippen molar-refractivity contribution in [2.75, 3.05) is 0 Å². The number of carboxylic acids is 1. The third-order valence-corrected chi connectivity index (χ3v) is 3.77. The molecule has 0 atom stereocenters. The van der Waals surface area contributed by atoms with Gasteiger partial charge in [0.25, 0.3) is 0 Å². The summed E-state index contributed by atoms with van der Waals surface area (Å²) in [7, 11) is 0. The summed E-state index contributed by atoms with van der Waals surface area (Å²) >= 11 is 0. The van der Waals surface area contributed by atoms with E-state index in [1.54, 1.807) is 12.4 Å². The molecule has 2 aromatic rings. The SMILES string of the molecule is O=C(O)C1(c2cccc3cnccc23)CC(O)C1. The molecule has 0 bridgehead atoms. The second kappa shape index (κ2) is 3.78. The van der Waals surface area contributed by atoms with E-state index in [2.05, 4.69) is 4.98 Å². The first-order valence-corrected chi connectivity index (χ1v) is 5.88. The number of pyridine rings is 1. The van der Waals surface area contributed by atoms with Gasteiger partial charge >= 0.3 is 5.97 Å². The Balaban J connectivity index is 2.22. The van der Waals surface area contributed by atoms with E-state index >= 15 is 0 Å². The van der Waals surface area contributed by atoms with Crippen molar-refractivity contribution in [1.29, 1.82) is 0 Å². The van der Waals surface area contributed by atoms with Crippen LogP contribution in [0.4, 0.5) is 0 Å². The molecule has 1 fully saturated rings. The molecule has 1 aliphatic rings. The van der Waals surface area contributed by atoms with Gasteiger partial charge in [-0.1, -0.05) is 18.2 Å². The van der Waals surface area contributed by atoms with Gasteiger partial charge in [-0.15, -0.1) is 0 Å². The average Bonchev–Trinajstić information content (AvgIpc) is 2.34. The quantitative estimate of drug-likeness (QED) is 0.842. The van der Waals surface area contributed by atoms with Crippen LogP contribution in [-0.4, -0.2) is 27.3 Å². The van der Waals surface area contributed by atoms with Crippen LogP contribution < -0.4 is 0 Å². The van der Waals surface area contributed by atoms with E-state index in [0.29, 0.717) is 0 Å². The van der Waals surface area contributed by atoms with Gasteiger partial charge in [0.15, 0.2) is 0 Å². The molecule has 0 unspecified atom stereocenters. The molecule has 3 rings (SSSR count). The fraction of sp³-hybridized carbons (Fsp3) is 0.286. The lowest BCUT2D eigenvalue weighted by Crippen LogP contribution is -2.50. The lowest BCUT2D eigenvalue weighted by Gasteiger charge is -2.42. The highest BCUT2D eigenvalue weighted by atomic mass is 16.4. The number of hydrogen-bond donors (Lipinski definition) is 2. The minimum atomic E-state index is -0.944. The molecule has 0 spiro atoms. The zero-order valence-electron chi connectivity index (χ0n) is 9.71. The van der Waals surface area contributed by atoms with Gasteiger partial charge in [0, 0.05) is 17.8 Å². The van der Waals surface area contributed by atoms with Crippen molar-refractivity contribution in [1.82, 2.24) is 4.98 Å². The number of nitrogens with zero attached hydrogens (tertiary/aromatic N) is 1. The van der Waals surface area contributed by atoms with Crippen molar-refractivity contribution in [3.05, 3.63) is 42.2 Å². The van der Waals surface area contributed by atoms with Crippen molar-refractivity contribution < 1.29 is 15.0 Å². The van der Waals surface area contributed by atoms with Crippen LogP contribution in [0, 0.1) is 0 Å². The van der Waals surface area contributed by atoms with Crippen LogP contribution in [0.1, 0.15) is 18.4 Å². The van der Waals surface area contributed by atoms with E-state index in [0.717, 1.165) is 16.3 Å². The fourth-order valence-corrected chi connectivity index (χ4v) is 2.79. The molecule has 4 nitrogen and oxygen atoms in total. The molecule has 0 saturated heterocycles. The van der Waals surface area contributed by atoms with Crippen LogP contribution in [0.2, 0.25) is 0 Å². The van der Waals surface area contributed by atoms with Crippen LogP contribution >= 0.6 is 0 Å². The van der Waals surface area contributed by atoms with Gasteiger partial charge in [0.2, 0.25) is 0 Å². The van der Waals surface area contributed by atoms with Crippen molar-refractivity contribution in [3.8, 4) is 0 Å². The monoisotopic (exact) mass is 243 g/mol. The number of fused-ring (bicyclic) bond motifs is 1. The maximum atomic E-state index is 11.6. The summed E-state index contributed by atoms with van der Waals surface area (Å²) in [6.45, 7) is 0. The summed E-state index contributed by atoms with van der Waals surface area (Å²) < 4.78 is 0. The highest BCUT2D eigenvalue weighted by molar-refractivity contribution is 5.93. The van der Waals surface area contributed by atoms with Crippen molar-refractivity contribution in [3.63, 3.8) is 0 Å². The normalized spacial score (nSPS) is 26.8. The molecule has 1 heterocycles. The number of aliphatic hydroxyl groups is 1. The Morgan fingerprint density at radius 1 is 1.33 bits per heavy atom. The molecule has 1 aromatic carbocycles. The summed E-state index contributed by atoms with van der Waals surface area (Å²) in [6.07, 6.45) is 3.44. The fourth-order valence-electron chi connectivity index (χ4n) is 2.79. The molecule has 0 radical (unpaired) electrons. The van der Waals surface area contributed by atoms with E-state index in [4.69, 9.17) is 0 Å². The first-order chi connectivity index (χ1) is 8.63. The zero-order chi connectivity index (χ0) is 12.8. The third-order valence-electron chi connectivity index (χ3n) is 3.77. The highest BCUT2D eigenvalue weighted by Gasteiger charge is 2.51. The number of carboxylic acid groups (broad SMARTS) is 1. The Labute approximate surface area is 104 Å². The van der Waals surface area contributed by atoms with Crippen molar-refractivity contribution in [2.24, 2.45) is 0 Å². The van der Waals surface area contributed by atoms with E-state index in [-0.39, 0.29) is 12.8 Å². The first kappa shape index (κ1) is 11.2. The minimum Gasteiger partial charge on any atom is -0.481 e. The van der Waals surface area contributed by atoms with Gasteiger partial charge in [0.05, 0.1) is 11.5 Å². The number of carbonyl (C=O) groups is 1. The minimum absolute atomic E-state index is 0.282. The van der Waals surface area contributed by atoms with Crippen LogP contribution in [0.3, 0.4) is 0 Å². The molecular formula is C14H13NO3. The molecule has 0 aliphatic heterocycles. The second-order valence-electron chi connectivity index (χ2n) is 4.85. The van der Waals surface area contributed by atoms with Crippen LogP contribution in [0.25, 0.3) is 10.8 Å². The van der Waals surface area contributed by atoms with Gasteiger partial charge in [0.1, 0.15) is 0 Å². The number of aliphatic hydroxyl groups excluding tert-OH is 1. The predicted octanol–water partition coefficient (Wildman–Crippen LogP) is 1.71. The topological polar surface area (TPSA) is 70.4 Å². The number of aliphatic carboxylic acids is 1. The Bertz CT molecular complexity index is 612. The summed E-state index contributed by atoms with van der Waals surface area (Å²) in [5.74, 6) is -0.864. The lowest BCUT2D eigenvalue weighted by atomic mass is 9.62. The summed E-state index contributed by atoms with van der Waals surface area (Å²) in [5, 5.41) is 20.8. The lowest BCUT2D eigenvalue weighted by molar-refractivity contribution is -0.152. The Kier molecular flexibility index (Phi) is 2.35. The van der Waals surface area contributed by atoms with Crippen LogP contribution in [0.15, 0.2) is 36.7 Å². The van der Waals surface area contributed by atoms with E-state index in [1.165, 1.54) is 0 Å². The predicted molar refractivity (Wildman–Crippen MR) is 66.3 cm³/mol. The maximum Gasteiger partial charge on any atom is 0.314 e. The molecule has 0 amide bonds. The number of rotatable bonds is 2. The zero-order valence-corrected chi connectivity index (χ0v) is 9.71. The standard InChI is InChI=1S/C14H13NO3/c16-10-6-14(7-10,13(17)18)12-3-1-2-9-8-15-5-4-11(9)12/h1-5,8,10,16H,6-7H2,(H,17,18). The molecule has 18 heavy (non-hydrogen) atoms. The summed E-state index contributed by atoms with van der Waals surface area (Å²) in [5.41, 5.74) is -0.166. The van der Waals surface area contributed by atoms with E-state index < -0.39 is 17.5 Å². The van der Waals surface area contributed by atoms with E-state index in [9.17, 15) is 15.0 Å². The summed E-state index contributed by atoms with van der Waals surface area (Å²) in [4.78, 5) is 15.6. The molecular weight excluding hydrogens is 230 g/mol. The van der Waals surface area contributed by atoms with E-state index in [1.807, 2.05) is 24.3 Å².